The van der Waals surface area contributed by atoms with E-state index in [0.717, 1.165) is 0 Å². The smallest absolute Gasteiger partial charge is 0.221 e. The largest absolute Gasteiger partial charge is 0.326 e. The fourth-order valence-corrected chi connectivity index (χ4v) is 3.03. The molecule has 0 bridgehead atoms. The molecule has 0 aliphatic carbocycles. The molecule has 20 heavy (non-hydrogen) atoms. The summed E-state index contributed by atoms with van der Waals surface area (Å²) in [5, 5.41) is 6.65. The first kappa shape index (κ1) is 14.3. The summed E-state index contributed by atoms with van der Waals surface area (Å²) in [6.45, 7) is 1.39. The van der Waals surface area contributed by atoms with Crippen LogP contribution in [0.15, 0.2) is 41.4 Å². The van der Waals surface area contributed by atoms with Crippen LogP contribution in [0, 0.1) is 0 Å². The molecular weight excluding hydrogens is 278 g/mol. The monoisotopic (exact) mass is 293 g/mol. The minimum Gasteiger partial charge on any atom is -0.326 e. The van der Waals surface area contributed by atoms with Gasteiger partial charge in [-0.05, 0) is 30.3 Å². The van der Waals surface area contributed by atoms with Crippen molar-refractivity contribution in [1.29, 1.82) is 0 Å². The molecule has 6 nitrogen and oxygen atoms in total. The van der Waals surface area contributed by atoms with E-state index in [1.165, 1.54) is 19.1 Å². The summed E-state index contributed by atoms with van der Waals surface area (Å²) in [4.78, 5) is 11.1. The van der Waals surface area contributed by atoms with E-state index >= 15 is 0 Å². The van der Waals surface area contributed by atoms with Gasteiger partial charge in [0.2, 0.25) is 5.91 Å². The van der Waals surface area contributed by atoms with Gasteiger partial charge in [-0.3, -0.25) is 9.48 Å². The number of nitrogens with zero attached hydrogens (tertiary/aromatic N) is 2. The van der Waals surface area contributed by atoms with Crippen LogP contribution in [0.2, 0.25) is 0 Å². The van der Waals surface area contributed by atoms with Crippen molar-refractivity contribution < 1.29 is 13.2 Å². The van der Waals surface area contributed by atoms with Gasteiger partial charge in [0.15, 0.2) is 9.84 Å². The van der Waals surface area contributed by atoms with Crippen molar-refractivity contribution in [1.82, 2.24) is 9.78 Å². The topological polar surface area (TPSA) is 81.1 Å². The lowest BCUT2D eigenvalue weighted by Gasteiger charge is -2.05. The van der Waals surface area contributed by atoms with Gasteiger partial charge in [0.05, 0.1) is 16.3 Å². The third-order valence-electron chi connectivity index (χ3n) is 2.64. The molecular formula is C13H15N3O3S. The number of carbonyl (C=O) groups excluding carboxylic acids is 1. The molecule has 0 spiro atoms. The number of amides is 1. The average molecular weight is 293 g/mol. The molecule has 0 aliphatic rings. The zero-order valence-corrected chi connectivity index (χ0v) is 12.0. The summed E-state index contributed by atoms with van der Waals surface area (Å²) in [7, 11) is -1.70. The van der Waals surface area contributed by atoms with Gasteiger partial charge in [-0.25, -0.2) is 8.42 Å². The molecule has 0 saturated heterocycles. The Hall–Kier alpha value is -2.15. The van der Waals surface area contributed by atoms with Crippen molar-refractivity contribution in [2.75, 3.05) is 5.32 Å². The first-order valence-electron chi connectivity index (χ1n) is 5.96. The van der Waals surface area contributed by atoms with E-state index in [0.29, 0.717) is 11.4 Å². The zero-order chi connectivity index (χ0) is 14.8. The van der Waals surface area contributed by atoms with E-state index in [4.69, 9.17) is 0 Å². The van der Waals surface area contributed by atoms with Gasteiger partial charge in [-0.1, -0.05) is 0 Å². The second kappa shape index (κ2) is 5.46. The van der Waals surface area contributed by atoms with Crippen LogP contribution in [0.4, 0.5) is 5.69 Å². The van der Waals surface area contributed by atoms with E-state index in [1.807, 2.05) is 0 Å². The van der Waals surface area contributed by atoms with E-state index in [-0.39, 0.29) is 16.6 Å². The Morgan fingerprint density at radius 3 is 2.40 bits per heavy atom. The van der Waals surface area contributed by atoms with Crippen LogP contribution in [0.1, 0.15) is 12.6 Å². The van der Waals surface area contributed by atoms with Crippen molar-refractivity contribution in [2.45, 2.75) is 17.6 Å². The maximum atomic E-state index is 12.2. The van der Waals surface area contributed by atoms with Crippen molar-refractivity contribution in [2.24, 2.45) is 7.05 Å². The van der Waals surface area contributed by atoms with Crippen LogP contribution >= 0.6 is 0 Å². The molecule has 1 N–H and O–H groups in total. The molecule has 1 aromatic carbocycles. The average Bonchev–Trinajstić information content (AvgIpc) is 2.74. The second-order valence-corrected chi connectivity index (χ2v) is 6.43. The molecule has 0 saturated carbocycles. The predicted octanol–water partition coefficient (Wildman–Crippen LogP) is 1.35. The molecule has 7 heteroatoms. The number of anilines is 1. The summed E-state index contributed by atoms with van der Waals surface area (Å²) in [5.74, 6) is -0.345. The SMILES string of the molecule is CC(=O)Nc1ccc(S(=O)(=O)Cc2ccn(C)n2)cc1. The van der Waals surface area contributed by atoms with Gasteiger partial charge in [0.25, 0.3) is 0 Å². The summed E-state index contributed by atoms with van der Waals surface area (Å²) in [6, 6.07) is 7.75. The van der Waals surface area contributed by atoms with Crippen molar-refractivity contribution in [3.63, 3.8) is 0 Å². The quantitative estimate of drug-likeness (QED) is 0.922. The molecule has 0 radical (unpaired) electrons. The highest BCUT2D eigenvalue weighted by molar-refractivity contribution is 7.90. The van der Waals surface area contributed by atoms with E-state index in [9.17, 15) is 13.2 Å². The van der Waals surface area contributed by atoms with Crippen LogP contribution in [0.5, 0.6) is 0 Å². The van der Waals surface area contributed by atoms with Crippen molar-refractivity contribution >= 4 is 21.4 Å². The Morgan fingerprint density at radius 1 is 1.25 bits per heavy atom. The summed E-state index contributed by atoms with van der Waals surface area (Å²) < 4.78 is 26.0. The summed E-state index contributed by atoms with van der Waals surface area (Å²) in [5.41, 5.74) is 1.06. The molecule has 1 heterocycles. The van der Waals surface area contributed by atoms with Crippen LogP contribution in [-0.2, 0) is 27.4 Å². The Morgan fingerprint density at radius 2 is 1.90 bits per heavy atom. The van der Waals surface area contributed by atoms with Gasteiger partial charge in [0.1, 0.15) is 0 Å². The highest BCUT2D eigenvalue weighted by Crippen LogP contribution is 2.18. The van der Waals surface area contributed by atoms with Crippen LogP contribution in [0.25, 0.3) is 0 Å². The van der Waals surface area contributed by atoms with Gasteiger partial charge < -0.3 is 5.32 Å². The van der Waals surface area contributed by atoms with Crippen LogP contribution in [0.3, 0.4) is 0 Å². The fourth-order valence-electron chi connectivity index (χ4n) is 1.77. The number of sulfone groups is 1. The summed E-state index contributed by atoms with van der Waals surface area (Å²) in [6.07, 6.45) is 1.70. The third-order valence-corrected chi connectivity index (χ3v) is 4.31. The van der Waals surface area contributed by atoms with Crippen LogP contribution < -0.4 is 5.32 Å². The maximum absolute atomic E-state index is 12.2. The van der Waals surface area contributed by atoms with E-state index in [1.54, 1.807) is 36.1 Å². The second-order valence-electron chi connectivity index (χ2n) is 4.45. The van der Waals surface area contributed by atoms with Crippen molar-refractivity contribution in [3.05, 3.63) is 42.2 Å². The molecule has 2 rings (SSSR count). The Labute approximate surface area is 117 Å². The van der Waals surface area contributed by atoms with E-state index in [2.05, 4.69) is 10.4 Å². The van der Waals surface area contributed by atoms with Gasteiger partial charge >= 0.3 is 0 Å². The fraction of sp³-hybridized carbons (Fsp3) is 0.231. The molecule has 0 atom stereocenters. The molecule has 0 fully saturated rings. The minimum absolute atomic E-state index is 0.146. The number of aryl methyl sites for hydroxylation is 1. The predicted molar refractivity (Wildman–Crippen MR) is 74.8 cm³/mol. The molecule has 0 unspecified atom stereocenters. The molecule has 106 valence electrons. The standard InChI is InChI=1S/C13H15N3O3S/c1-10(17)14-11-3-5-13(6-4-11)20(18,19)9-12-7-8-16(2)15-12/h3-8H,9H2,1-2H3,(H,14,17). The number of benzene rings is 1. The number of nitrogens with one attached hydrogen (secondary N) is 1. The molecule has 0 aliphatic heterocycles. The first-order chi connectivity index (χ1) is 9.37. The Kier molecular flexibility index (Phi) is 3.89. The van der Waals surface area contributed by atoms with Gasteiger partial charge in [-0.15, -0.1) is 0 Å². The number of rotatable bonds is 4. The van der Waals surface area contributed by atoms with Gasteiger partial charge in [0, 0.05) is 25.9 Å². The van der Waals surface area contributed by atoms with E-state index < -0.39 is 9.84 Å². The zero-order valence-electron chi connectivity index (χ0n) is 11.2. The van der Waals surface area contributed by atoms with Gasteiger partial charge in [-0.2, -0.15) is 5.10 Å². The number of hydrogen-bond acceptors (Lipinski definition) is 4. The maximum Gasteiger partial charge on any atom is 0.221 e. The van der Waals surface area contributed by atoms with Crippen LogP contribution in [-0.4, -0.2) is 24.1 Å². The highest BCUT2D eigenvalue weighted by atomic mass is 32.2. The number of aromatic nitrogens is 2. The molecule has 1 amide bonds. The molecule has 1 aromatic heterocycles. The number of carbonyl (C=O) groups is 1. The third kappa shape index (κ3) is 3.45. The lowest BCUT2D eigenvalue weighted by Crippen LogP contribution is -2.08. The lowest BCUT2D eigenvalue weighted by atomic mass is 10.3. The first-order valence-corrected chi connectivity index (χ1v) is 7.61. The van der Waals surface area contributed by atoms with Crippen molar-refractivity contribution in [3.8, 4) is 0 Å². The lowest BCUT2D eigenvalue weighted by molar-refractivity contribution is -0.114. The highest BCUT2D eigenvalue weighted by Gasteiger charge is 2.16. The normalized spacial score (nSPS) is 11.3. The Balaban J connectivity index is 2.19. The molecule has 2 aromatic rings. The summed E-state index contributed by atoms with van der Waals surface area (Å²) >= 11 is 0. The number of hydrogen-bond donors (Lipinski definition) is 1. The Bertz CT molecular complexity index is 718. The minimum atomic E-state index is -3.43.